The molecule has 5 N–H and O–H groups in total. The van der Waals surface area contributed by atoms with Crippen LogP contribution in [0.15, 0.2) is 102 Å². The number of rotatable bonds is 13. The minimum atomic E-state index is -0.615. The highest BCUT2D eigenvalue weighted by Crippen LogP contribution is 2.60. The summed E-state index contributed by atoms with van der Waals surface area (Å²) in [6, 6.07) is 19.2. The Morgan fingerprint density at radius 1 is 0.969 bits per heavy atom. The molecular weight excluding hydrogens is 819 g/mol. The van der Waals surface area contributed by atoms with Gasteiger partial charge < -0.3 is 30.3 Å². The van der Waals surface area contributed by atoms with Gasteiger partial charge in [-0.1, -0.05) is 57.4 Å². The number of carbonyl (C=O) groups excluding carboxylic acids is 1. The molecule has 0 spiro atoms. The van der Waals surface area contributed by atoms with Crippen LogP contribution in [-0.4, -0.2) is 80.3 Å². The molecule has 4 aromatic rings. The Kier molecular flexibility index (Phi) is 15.6. The lowest BCUT2D eigenvalue weighted by molar-refractivity contribution is 0.0596. The van der Waals surface area contributed by atoms with Gasteiger partial charge in [0, 0.05) is 39.1 Å². The minimum Gasteiger partial charge on any atom is -0.508 e. The number of thiophene rings is 1. The van der Waals surface area contributed by atoms with E-state index in [0.29, 0.717) is 47.8 Å². The summed E-state index contributed by atoms with van der Waals surface area (Å²) in [6.45, 7) is 16.7. The number of nitrogens with zero attached hydrogens (tertiary/aromatic N) is 1. The third-order valence-electron chi connectivity index (χ3n) is 14.7. The van der Waals surface area contributed by atoms with E-state index < -0.39 is 17.8 Å². The van der Waals surface area contributed by atoms with Crippen molar-refractivity contribution in [3.8, 4) is 27.7 Å². The summed E-state index contributed by atoms with van der Waals surface area (Å²) >= 11 is 1.46. The summed E-state index contributed by atoms with van der Waals surface area (Å²) in [4.78, 5) is 16.9. The highest BCUT2D eigenvalue weighted by molar-refractivity contribution is 7.22. The fraction of sp³-hybridized carbons (Fsp3) is 0.509. The largest absolute Gasteiger partial charge is 0.508 e. The molecule has 4 fully saturated rings. The maximum absolute atomic E-state index is 13.6. The lowest BCUT2D eigenvalue weighted by Crippen LogP contribution is -2.36. The van der Waals surface area contributed by atoms with Crippen molar-refractivity contribution >= 4 is 27.2 Å². The first-order chi connectivity index (χ1) is 30.6. The van der Waals surface area contributed by atoms with E-state index in [9.17, 15) is 30.3 Å². The molecule has 2 heterocycles. The Morgan fingerprint density at radius 2 is 1.69 bits per heavy atom. The van der Waals surface area contributed by atoms with Crippen LogP contribution >= 0.6 is 11.3 Å². The molecule has 8 rings (SSSR count). The number of aromatic hydroxyl groups is 2. The summed E-state index contributed by atoms with van der Waals surface area (Å²) in [5.74, 6) is 3.11. The van der Waals surface area contributed by atoms with Gasteiger partial charge in [0.25, 0.3) is 0 Å². The molecule has 6 atom stereocenters. The lowest BCUT2D eigenvalue weighted by Gasteiger charge is -2.44. The summed E-state index contributed by atoms with van der Waals surface area (Å²) < 4.78 is 6.76. The van der Waals surface area contributed by atoms with Crippen LogP contribution in [0.25, 0.3) is 20.5 Å². The molecule has 4 aliphatic rings. The fourth-order valence-electron chi connectivity index (χ4n) is 11.2. The van der Waals surface area contributed by atoms with Crippen molar-refractivity contribution in [2.75, 3.05) is 26.2 Å². The number of carbonyl (C=O) groups is 1. The molecule has 0 bridgehead atoms. The monoisotopic (exact) mass is 889 g/mol. The van der Waals surface area contributed by atoms with Crippen LogP contribution in [0.5, 0.6) is 17.2 Å². The van der Waals surface area contributed by atoms with E-state index in [0.717, 1.165) is 75.8 Å². The van der Waals surface area contributed by atoms with Gasteiger partial charge in [-0.2, -0.15) is 0 Å². The van der Waals surface area contributed by atoms with Gasteiger partial charge >= 0.3 is 0 Å². The third kappa shape index (κ3) is 11.6. The van der Waals surface area contributed by atoms with E-state index in [1.807, 2.05) is 38.1 Å². The van der Waals surface area contributed by atoms with Gasteiger partial charge in [0.15, 0.2) is 5.78 Å². The number of likely N-dealkylation sites (tertiary alicyclic amines) is 1. The maximum atomic E-state index is 13.6. The Bertz CT molecular complexity index is 2280. The predicted octanol–water partition coefficient (Wildman–Crippen LogP) is 11.8. The van der Waals surface area contributed by atoms with Crippen molar-refractivity contribution in [1.82, 2.24) is 4.90 Å². The van der Waals surface area contributed by atoms with Crippen LogP contribution < -0.4 is 4.74 Å². The zero-order valence-electron chi connectivity index (χ0n) is 38.5. The number of fused-ring (bicyclic) bond motifs is 2. The average Bonchev–Trinajstić information content (AvgIpc) is 3.82. The SMILES string of the molecule is C=C1/C(=C\C=C2/CCC[C@]3(C)[C@@H]([C@H](C)CCCC(C)(C)O)CC[C@@H]23)C[C@@H](O)C[C@@H]1O.O=C(c1ccc(OCCN2CCCCC2)cc1)c1c(-c2ccc(O)cc2)sc2cc(O)ccc12. The topological polar surface area (TPSA) is 131 Å². The molecule has 3 saturated carbocycles. The van der Waals surface area contributed by atoms with Crippen molar-refractivity contribution < 1.29 is 35.1 Å². The molecule has 9 heteroatoms. The second kappa shape index (κ2) is 20.9. The van der Waals surface area contributed by atoms with E-state index in [1.165, 1.54) is 69.1 Å². The molecule has 3 aliphatic carbocycles. The first-order valence-electron chi connectivity index (χ1n) is 23.8. The first-order valence-corrected chi connectivity index (χ1v) is 24.6. The number of aliphatic hydroxyl groups is 3. The molecular formula is C55H71NO7S. The van der Waals surface area contributed by atoms with E-state index >= 15 is 0 Å². The zero-order valence-corrected chi connectivity index (χ0v) is 39.3. The highest BCUT2D eigenvalue weighted by Gasteiger charge is 2.50. The van der Waals surface area contributed by atoms with Gasteiger partial charge in [-0.3, -0.25) is 9.69 Å². The van der Waals surface area contributed by atoms with Gasteiger partial charge in [-0.05, 0) is 191 Å². The lowest BCUT2D eigenvalue weighted by atomic mass is 9.60. The van der Waals surface area contributed by atoms with Crippen LogP contribution in [0.3, 0.4) is 0 Å². The normalized spacial score (nSPS) is 25.8. The van der Waals surface area contributed by atoms with Gasteiger partial charge in [0.1, 0.15) is 23.9 Å². The van der Waals surface area contributed by atoms with E-state index in [1.54, 1.807) is 48.0 Å². The smallest absolute Gasteiger partial charge is 0.195 e. The quantitative estimate of drug-likeness (QED) is 0.0839. The van der Waals surface area contributed by atoms with Crippen LogP contribution in [0, 0.1) is 23.2 Å². The Balaban J connectivity index is 0.000000193. The Labute approximate surface area is 385 Å². The number of aliphatic hydroxyl groups excluding tert-OH is 2. The van der Waals surface area contributed by atoms with Gasteiger partial charge in [0.05, 0.1) is 17.8 Å². The summed E-state index contributed by atoms with van der Waals surface area (Å²) in [5, 5.41) is 50.6. The fourth-order valence-corrected chi connectivity index (χ4v) is 12.4. The van der Waals surface area contributed by atoms with E-state index in [2.05, 4.69) is 37.5 Å². The number of hydrogen-bond acceptors (Lipinski definition) is 9. The van der Waals surface area contributed by atoms with Crippen LogP contribution in [-0.2, 0) is 0 Å². The molecule has 1 saturated heterocycles. The number of piperidine rings is 1. The summed E-state index contributed by atoms with van der Waals surface area (Å²) in [5.41, 5.74) is 5.20. The molecule has 344 valence electrons. The molecule has 1 aromatic heterocycles. The number of phenols is 2. The molecule has 8 nitrogen and oxygen atoms in total. The molecule has 1 aliphatic heterocycles. The standard InChI is InChI=1S/C28H27NO4S.C27H44O3/c30-21-8-4-20(5-9-21)28-26(24-13-10-22(31)18-25(24)34-28)27(32)19-6-11-23(12-7-19)33-17-16-29-14-2-1-3-15-29;1-18(8-6-14-26(3,4)30)23-12-13-24-20(9-7-15-27(23,24)5)10-11-21-16-22(28)17-25(29)19(21)2/h4-13,18,30-31H,1-3,14-17H2;10-11,18,22-25,28-30H,2,6-9,12-17H2,1,3-5H3/b;20-10+,21-11-/t;18-,22-,23-,24+,25+,27-/m.1/s1. The second-order valence-electron chi connectivity index (χ2n) is 20.0. The van der Waals surface area contributed by atoms with Crippen molar-refractivity contribution in [2.24, 2.45) is 23.2 Å². The van der Waals surface area contributed by atoms with Crippen LogP contribution in [0.4, 0.5) is 0 Å². The first kappa shape index (κ1) is 47.7. The number of hydrogen-bond donors (Lipinski definition) is 5. The Hall–Kier alpha value is -4.25. The number of phenolic OH excluding ortho intramolecular Hbond substituents is 2. The van der Waals surface area contributed by atoms with Crippen molar-refractivity contribution in [1.29, 1.82) is 0 Å². The van der Waals surface area contributed by atoms with E-state index in [-0.39, 0.29) is 17.3 Å². The maximum Gasteiger partial charge on any atom is 0.195 e. The van der Waals surface area contributed by atoms with Crippen molar-refractivity contribution in [3.05, 3.63) is 113 Å². The van der Waals surface area contributed by atoms with E-state index in [4.69, 9.17) is 4.74 Å². The average molecular weight is 890 g/mol. The predicted molar refractivity (Wildman–Crippen MR) is 260 cm³/mol. The van der Waals surface area contributed by atoms with Gasteiger partial charge in [0.2, 0.25) is 0 Å². The summed E-state index contributed by atoms with van der Waals surface area (Å²) in [6.07, 6.45) is 17.7. The molecule has 3 aromatic carbocycles. The van der Waals surface area contributed by atoms with Gasteiger partial charge in [-0.15, -0.1) is 11.3 Å². The number of allylic oxidation sites excluding steroid dienone is 3. The summed E-state index contributed by atoms with van der Waals surface area (Å²) in [7, 11) is 0. The highest BCUT2D eigenvalue weighted by atomic mass is 32.1. The zero-order chi connectivity index (χ0) is 45.6. The van der Waals surface area contributed by atoms with Crippen LogP contribution in [0.1, 0.15) is 127 Å². The number of ketones is 1. The van der Waals surface area contributed by atoms with Gasteiger partial charge in [-0.25, -0.2) is 0 Å². The van der Waals surface area contributed by atoms with Crippen LogP contribution in [0.2, 0.25) is 0 Å². The molecule has 0 radical (unpaired) electrons. The Morgan fingerprint density at radius 3 is 2.41 bits per heavy atom. The second-order valence-corrected chi connectivity index (χ2v) is 21.0. The minimum absolute atomic E-state index is 0.0834. The molecule has 0 amide bonds. The third-order valence-corrected chi connectivity index (χ3v) is 15.9. The molecule has 0 unspecified atom stereocenters. The molecule has 64 heavy (non-hydrogen) atoms. The number of benzene rings is 3. The van der Waals surface area contributed by atoms with Crippen molar-refractivity contribution in [3.63, 3.8) is 0 Å². The van der Waals surface area contributed by atoms with Crippen molar-refractivity contribution in [2.45, 2.75) is 129 Å². The number of ether oxygens (including phenoxy) is 1.